The number of rotatable bonds is 2. The monoisotopic (exact) mass is 461 g/mol. The molecule has 3 aliphatic rings. The largest absolute Gasteiger partial charge is 0.454 e. The van der Waals surface area contributed by atoms with Crippen LogP contribution in [0.25, 0.3) is 0 Å². The second kappa shape index (κ2) is 7.57. The first-order valence-corrected chi connectivity index (χ1v) is 11.2. The first kappa shape index (κ1) is 21.4. The number of Topliss-reactive ketones (excluding diaryl/α,β-unsaturated/α-hetero) is 1. The first-order chi connectivity index (χ1) is 15.7. The summed E-state index contributed by atoms with van der Waals surface area (Å²) in [4.78, 5) is 15.5. The number of anilines is 1. The molecule has 2 N–H and O–H groups in total. The molecule has 7 heteroatoms. The van der Waals surface area contributed by atoms with Gasteiger partial charge in [0.1, 0.15) is 5.82 Å². The molecule has 5 rings (SSSR count). The van der Waals surface area contributed by atoms with Crippen molar-refractivity contribution in [1.82, 2.24) is 0 Å². The van der Waals surface area contributed by atoms with Crippen LogP contribution in [0.5, 0.6) is 11.5 Å². The van der Waals surface area contributed by atoms with Gasteiger partial charge in [0.25, 0.3) is 0 Å². The minimum atomic E-state index is -0.571. The lowest BCUT2D eigenvalue weighted by Crippen LogP contribution is -2.42. The number of carbonyl (C=O) groups is 1. The zero-order valence-corrected chi connectivity index (χ0v) is 19.5. The van der Waals surface area contributed by atoms with Gasteiger partial charge in [0.2, 0.25) is 6.79 Å². The molecular weight excluding hydrogens is 438 g/mol. The van der Waals surface area contributed by atoms with Gasteiger partial charge in [0.05, 0.1) is 23.2 Å². The highest BCUT2D eigenvalue weighted by Crippen LogP contribution is 2.51. The summed E-state index contributed by atoms with van der Waals surface area (Å²) in [6.45, 7) is 6.21. The molecule has 33 heavy (non-hydrogen) atoms. The third kappa shape index (κ3) is 3.35. The summed E-state index contributed by atoms with van der Waals surface area (Å²) in [5.74, 6) is 1.01. The van der Waals surface area contributed by atoms with Gasteiger partial charge in [-0.2, -0.15) is 5.26 Å². The molecule has 0 amide bonds. The topological polar surface area (TPSA) is 88.6 Å². The standard InChI is InChI=1S/C26H24ClN3O3/c1-14-17(27)5-4-6-18(14)30-19-10-26(2,3)11-20(31)24(19)23(16(12-28)25(30)29)15-7-8-21-22(9-15)33-13-32-21/h4-9,23H,10-11,13,29H2,1-3H3. The SMILES string of the molecule is Cc1c(Cl)cccc1N1C(N)=C(C#N)C(c2ccc3c(c2)OCO3)C2=C1CC(C)(C)CC2=O. The van der Waals surface area contributed by atoms with E-state index in [0.717, 1.165) is 22.5 Å². The van der Waals surface area contributed by atoms with E-state index in [9.17, 15) is 10.1 Å². The summed E-state index contributed by atoms with van der Waals surface area (Å²) < 4.78 is 11.0. The number of benzene rings is 2. The third-order valence-electron chi connectivity index (χ3n) is 6.59. The van der Waals surface area contributed by atoms with Crippen LogP contribution in [0.3, 0.4) is 0 Å². The van der Waals surface area contributed by atoms with Crippen LogP contribution in [0.15, 0.2) is 59.1 Å². The molecular formula is C26H24ClN3O3. The predicted octanol–water partition coefficient (Wildman–Crippen LogP) is 5.32. The lowest BCUT2D eigenvalue weighted by Gasteiger charge is -2.44. The summed E-state index contributed by atoms with van der Waals surface area (Å²) in [6.07, 6.45) is 1.04. The Hall–Kier alpha value is -3.43. The second-order valence-corrected chi connectivity index (χ2v) is 9.88. The number of ether oxygens (including phenoxy) is 2. The molecule has 1 atom stereocenters. The van der Waals surface area contributed by atoms with Crippen molar-refractivity contribution in [2.45, 2.75) is 39.5 Å². The number of nitrogens with zero attached hydrogens (tertiary/aromatic N) is 2. The molecule has 168 valence electrons. The van der Waals surface area contributed by atoms with Crippen molar-refractivity contribution in [3.05, 3.63) is 75.2 Å². The smallest absolute Gasteiger partial charge is 0.231 e. The molecule has 1 aliphatic carbocycles. The molecule has 0 spiro atoms. The van der Waals surface area contributed by atoms with Crippen LogP contribution in [-0.2, 0) is 4.79 Å². The molecule has 0 saturated heterocycles. The Labute approximate surface area is 197 Å². The Bertz CT molecular complexity index is 1300. The van der Waals surface area contributed by atoms with Crippen molar-refractivity contribution >= 4 is 23.1 Å². The first-order valence-electron chi connectivity index (χ1n) is 10.8. The van der Waals surface area contributed by atoms with E-state index >= 15 is 0 Å². The number of ketones is 1. The van der Waals surface area contributed by atoms with Crippen LogP contribution < -0.4 is 20.1 Å². The number of carbonyl (C=O) groups excluding carboxylic acids is 1. The number of halogens is 1. The van der Waals surface area contributed by atoms with Gasteiger partial charge in [-0.05, 0) is 54.2 Å². The van der Waals surface area contributed by atoms with Crippen molar-refractivity contribution in [3.8, 4) is 17.6 Å². The van der Waals surface area contributed by atoms with Crippen molar-refractivity contribution in [1.29, 1.82) is 5.26 Å². The van der Waals surface area contributed by atoms with Crippen LogP contribution in [0.4, 0.5) is 5.69 Å². The summed E-state index contributed by atoms with van der Waals surface area (Å²) in [5, 5.41) is 10.8. The Morgan fingerprint density at radius 1 is 1.18 bits per heavy atom. The zero-order valence-electron chi connectivity index (χ0n) is 18.7. The van der Waals surface area contributed by atoms with Crippen molar-refractivity contribution in [3.63, 3.8) is 0 Å². The van der Waals surface area contributed by atoms with E-state index < -0.39 is 5.92 Å². The molecule has 0 fully saturated rings. The van der Waals surface area contributed by atoms with E-state index in [-0.39, 0.29) is 18.0 Å². The fourth-order valence-corrected chi connectivity index (χ4v) is 5.22. The maximum atomic E-state index is 13.6. The molecule has 2 heterocycles. The Morgan fingerprint density at radius 2 is 1.94 bits per heavy atom. The Kier molecular flexibility index (Phi) is 4.91. The summed E-state index contributed by atoms with van der Waals surface area (Å²) in [7, 11) is 0. The van der Waals surface area contributed by atoms with Crippen LogP contribution in [-0.4, -0.2) is 12.6 Å². The quantitative estimate of drug-likeness (QED) is 0.651. The van der Waals surface area contributed by atoms with Gasteiger partial charge >= 0.3 is 0 Å². The number of fused-ring (bicyclic) bond motifs is 1. The molecule has 2 aromatic rings. The highest BCUT2D eigenvalue weighted by Gasteiger charge is 2.45. The van der Waals surface area contributed by atoms with Crippen LogP contribution >= 0.6 is 11.6 Å². The summed E-state index contributed by atoms with van der Waals surface area (Å²) in [6, 6.07) is 13.4. The van der Waals surface area contributed by atoms with Crippen LogP contribution in [0, 0.1) is 23.7 Å². The van der Waals surface area contributed by atoms with E-state index in [1.165, 1.54) is 0 Å². The van der Waals surface area contributed by atoms with Gasteiger partial charge in [-0.1, -0.05) is 37.6 Å². The van der Waals surface area contributed by atoms with Gasteiger partial charge in [-0.25, -0.2) is 0 Å². The minimum absolute atomic E-state index is 0.0221. The molecule has 0 aromatic heterocycles. The molecule has 0 saturated carbocycles. The highest BCUT2D eigenvalue weighted by atomic mass is 35.5. The average Bonchev–Trinajstić information content (AvgIpc) is 3.22. The van der Waals surface area contributed by atoms with E-state index in [4.69, 9.17) is 26.8 Å². The maximum absolute atomic E-state index is 13.6. The van der Waals surface area contributed by atoms with Crippen molar-refractivity contribution in [2.75, 3.05) is 11.7 Å². The van der Waals surface area contributed by atoms with Crippen molar-refractivity contribution in [2.24, 2.45) is 11.1 Å². The second-order valence-electron chi connectivity index (χ2n) is 9.48. The molecule has 1 unspecified atom stereocenters. The van der Waals surface area contributed by atoms with E-state index in [0.29, 0.717) is 46.3 Å². The molecule has 2 aromatic carbocycles. The van der Waals surface area contributed by atoms with Crippen LogP contribution in [0.2, 0.25) is 5.02 Å². The van der Waals surface area contributed by atoms with E-state index in [2.05, 4.69) is 19.9 Å². The average molecular weight is 462 g/mol. The lowest BCUT2D eigenvalue weighted by atomic mass is 9.68. The number of nitriles is 1. The van der Waals surface area contributed by atoms with Crippen molar-refractivity contribution < 1.29 is 14.3 Å². The molecule has 6 nitrogen and oxygen atoms in total. The Balaban J connectivity index is 1.78. The van der Waals surface area contributed by atoms with Gasteiger partial charge in [0, 0.05) is 22.7 Å². The lowest BCUT2D eigenvalue weighted by molar-refractivity contribution is -0.118. The molecule has 2 aliphatic heterocycles. The zero-order chi connectivity index (χ0) is 23.5. The fourth-order valence-electron chi connectivity index (χ4n) is 5.05. The Morgan fingerprint density at radius 3 is 2.70 bits per heavy atom. The maximum Gasteiger partial charge on any atom is 0.231 e. The van der Waals surface area contributed by atoms with Gasteiger partial charge in [0.15, 0.2) is 17.3 Å². The number of nitrogens with two attached hydrogens (primary N) is 1. The fraction of sp³-hybridized carbons (Fsp3) is 0.308. The molecule has 0 bridgehead atoms. The number of allylic oxidation sites excluding steroid dienone is 3. The van der Waals surface area contributed by atoms with Gasteiger partial charge in [-0.15, -0.1) is 0 Å². The highest BCUT2D eigenvalue weighted by molar-refractivity contribution is 6.31. The summed E-state index contributed by atoms with van der Waals surface area (Å²) in [5.41, 5.74) is 10.6. The summed E-state index contributed by atoms with van der Waals surface area (Å²) >= 11 is 6.43. The normalized spacial score (nSPS) is 21.2. The van der Waals surface area contributed by atoms with E-state index in [1.807, 2.05) is 48.2 Å². The molecule has 0 radical (unpaired) electrons. The minimum Gasteiger partial charge on any atom is -0.454 e. The number of hydrogen-bond acceptors (Lipinski definition) is 6. The van der Waals surface area contributed by atoms with Gasteiger partial charge < -0.3 is 15.2 Å². The third-order valence-corrected chi connectivity index (χ3v) is 7.00. The van der Waals surface area contributed by atoms with Crippen LogP contribution in [0.1, 0.15) is 43.7 Å². The number of hydrogen-bond donors (Lipinski definition) is 1. The van der Waals surface area contributed by atoms with Gasteiger partial charge in [-0.3, -0.25) is 9.69 Å². The predicted molar refractivity (Wildman–Crippen MR) is 126 cm³/mol. The van der Waals surface area contributed by atoms with E-state index in [1.54, 1.807) is 0 Å².